The summed E-state index contributed by atoms with van der Waals surface area (Å²) in [6, 6.07) is 14.5. The van der Waals surface area contributed by atoms with Gasteiger partial charge < -0.3 is 5.73 Å². The van der Waals surface area contributed by atoms with Gasteiger partial charge in [0.15, 0.2) is 0 Å². The minimum absolute atomic E-state index is 0.787. The van der Waals surface area contributed by atoms with Crippen molar-refractivity contribution in [3.63, 3.8) is 0 Å². The van der Waals surface area contributed by atoms with Gasteiger partial charge in [-0.25, -0.2) is 0 Å². The molecule has 0 spiro atoms. The van der Waals surface area contributed by atoms with Gasteiger partial charge in [0.25, 0.3) is 0 Å². The molecular weight excluding hydrogens is 230 g/mol. The fourth-order valence-electron chi connectivity index (χ4n) is 2.31. The highest BCUT2D eigenvalue weighted by molar-refractivity contribution is 5.79. The normalized spacial score (nSPS) is 10.1. The summed E-state index contributed by atoms with van der Waals surface area (Å²) in [6.07, 6.45) is 5.43. The topological polar surface area (TPSA) is 26.0 Å². The van der Waals surface area contributed by atoms with Gasteiger partial charge in [0.1, 0.15) is 0 Å². The predicted octanol–water partition coefficient (Wildman–Crippen LogP) is 4.39. The van der Waals surface area contributed by atoms with E-state index in [0.29, 0.717) is 0 Å². The number of allylic oxidation sites excluding steroid dienone is 2. The highest BCUT2D eigenvalue weighted by atomic mass is 14.6. The van der Waals surface area contributed by atoms with Crippen LogP contribution in [0.2, 0.25) is 0 Å². The van der Waals surface area contributed by atoms with Crippen molar-refractivity contribution in [1.29, 1.82) is 0 Å². The maximum absolute atomic E-state index is 6.35. The van der Waals surface area contributed by atoms with Crippen LogP contribution in [0.25, 0.3) is 11.1 Å². The van der Waals surface area contributed by atoms with Crippen LogP contribution in [-0.2, 0) is 12.8 Å². The molecule has 2 aromatic rings. The van der Waals surface area contributed by atoms with Crippen LogP contribution < -0.4 is 5.73 Å². The zero-order valence-corrected chi connectivity index (χ0v) is 11.1. The molecular formula is C18H19N. The van der Waals surface area contributed by atoms with Crippen LogP contribution in [0.4, 0.5) is 5.69 Å². The van der Waals surface area contributed by atoms with E-state index in [2.05, 4.69) is 37.4 Å². The third-order valence-corrected chi connectivity index (χ3v) is 3.25. The Morgan fingerprint density at radius 2 is 1.58 bits per heavy atom. The Morgan fingerprint density at radius 3 is 2.21 bits per heavy atom. The van der Waals surface area contributed by atoms with Crippen LogP contribution in [-0.4, -0.2) is 0 Å². The summed E-state index contributed by atoms with van der Waals surface area (Å²) in [4.78, 5) is 0. The first kappa shape index (κ1) is 13.2. The van der Waals surface area contributed by atoms with Crippen LogP contribution in [0, 0.1) is 0 Å². The van der Waals surface area contributed by atoms with Gasteiger partial charge in [-0.2, -0.15) is 0 Å². The number of benzene rings is 2. The minimum Gasteiger partial charge on any atom is -0.398 e. The van der Waals surface area contributed by atoms with Crippen molar-refractivity contribution in [1.82, 2.24) is 0 Å². The average Bonchev–Trinajstić information content (AvgIpc) is 2.44. The van der Waals surface area contributed by atoms with E-state index in [4.69, 9.17) is 5.73 Å². The molecule has 1 nitrogen and oxygen atoms in total. The highest BCUT2D eigenvalue weighted by Gasteiger charge is 2.10. The molecule has 0 bridgehead atoms. The number of hydrogen-bond donors (Lipinski definition) is 1. The summed E-state index contributed by atoms with van der Waals surface area (Å²) in [5.41, 5.74) is 11.8. The zero-order valence-electron chi connectivity index (χ0n) is 11.1. The summed E-state index contributed by atoms with van der Waals surface area (Å²) in [5, 5.41) is 0. The third kappa shape index (κ3) is 2.76. The summed E-state index contributed by atoms with van der Waals surface area (Å²) >= 11 is 0. The Bertz CT molecular complexity index is 582. The molecule has 19 heavy (non-hydrogen) atoms. The van der Waals surface area contributed by atoms with Crippen LogP contribution >= 0.6 is 0 Å². The molecule has 2 N–H and O–H groups in total. The average molecular weight is 249 g/mol. The molecule has 0 radical (unpaired) electrons. The van der Waals surface area contributed by atoms with E-state index in [1.54, 1.807) is 0 Å². The standard InChI is InChI=1S/C18H19N/c1-3-8-14-12-13-17(15-10-6-5-7-11-15)18(19)16(14)9-4-2/h3-7,10-13H,1-2,8-9,19H2. The van der Waals surface area contributed by atoms with Crippen molar-refractivity contribution in [2.24, 2.45) is 0 Å². The molecule has 0 heterocycles. The first-order valence-corrected chi connectivity index (χ1v) is 6.45. The molecule has 0 saturated carbocycles. The smallest absolute Gasteiger partial charge is 0.0432 e. The van der Waals surface area contributed by atoms with Crippen LogP contribution in [0.5, 0.6) is 0 Å². The first-order chi connectivity index (χ1) is 9.27. The Hall–Kier alpha value is -2.28. The van der Waals surface area contributed by atoms with Crippen molar-refractivity contribution in [3.05, 3.63) is 78.9 Å². The molecule has 1 heteroatoms. The number of nitrogens with two attached hydrogens (primary N) is 1. The highest BCUT2D eigenvalue weighted by Crippen LogP contribution is 2.31. The lowest BCUT2D eigenvalue weighted by atomic mass is 9.93. The second-order valence-electron chi connectivity index (χ2n) is 4.52. The van der Waals surface area contributed by atoms with Crippen molar-refractivity contribution in [2.45, 2.75) is 12.8 Å². The number of nitrogen functional groups attached to an aromatic ring is 1. The predicted molar refractivity (Wildman–Crippen MR) is 84.1 cm³/mol. The monoisotopic (exact) mass is 249 g/mol. The SMILES string of the molecule is C=CCc1ccc(-c2ccccc2)c(N)c1CC=C. The van der Waals surface area contributed by atoms with Gasteiger partial charge in [0, 0.05) is 11.3 Å². The van der Waals surface area contributed by atoms with Crippen LogP contribution in [0.3, 0.4) is 0 Å². The van der Waals surface area contributed by atoms with Crippen molar-refractivity contribution < 1.29 is 0 Å². The number of anilines is 1. The first-order valence-electron chi connectivity index (χ1n) is 6.45. The van der Waals surface area contributed by atoms with Crippen molar-refractivity contribution in [3.8, 4) is 11.1 Å². The molecule has 0 fully saturated rings. The van der Waals surface area contributed by atoms with Crippen molar-refractivity contribution in [2.75, 3.05) is 5.73 Å². The van der Waals surface area contributed by atoms with Crippen molar-refractivity contribution >= 4 is 5.69 Å². The Morgan fingerprint density at radius 1 is 0.895 bits per heavy atom. The fourth-order valence-corrected chi connectivity index (χ4v) is 2.31. The Balaban J connectivity index is 2.56. The quantitative estimate of drug-likeness (QED) is 0.617. The number of rotatable bonds is 5. The molecule has 0 aliphatic rings. The Kier molecular flexibility index (Phi) is 4.19. The lowest BCUT2D eigenvalue weighted by molar-refractivity contribution is 1.16. The molecule has 0 atom stereocenters. The summed E-state index contributed by atoms with van der Waals surface area (Å²) in [5.74, 6) is 0. The van der Waals surface area contributed by atoms with E-state index in [1.165, 1.54) is 5.56 Å². The second kappa shape index (κ2) is 6.05. The summed E-state index contributed by atoms with van der Waals surface area (Å²) in [6.45, 7) is 7.62. The molecule has 0 aromatic heterocycles. The molecule has 2 aromatic carbocycles. The summed E-state index contributed by atoms with van der Waals surface area (Å²) < 4.78 is 0. The molecule has 96 valence electrons. The van der Waals surface area contributed by atoms with Gasteiger partial charge in [0.05, 0.1) is 0 Å². The van der Waals surface area contributed by atoms with E-state index in [-0.39, 0.29) is 0 Å². The van der Waals surface area contributed by atoms with Gasteiger partial charge in [-0.3, -0.25) is 0 Å². The lowest BCUT2D eigenvalue weighted by Crippen LogP contribution is -2.01. The third-order valence-electron chi connectivity index (χ3n) is 3.25. The van der Waals surface area contributed by atoms with Gasteiger partial charge in [-0.05, 0) is 29.5 Å². The molecule has 0 amide bonds. The molecule has 2 rings (SSSR count). The maximum Gasteiger partial charge on any atom is 0.0432 e. The van der Waals surface area contributed by atoms with E-state index in [1.807, 2.05) is 30.4 Å². The maximum atomic E-state index is 6.35. The van der Waals surface area contributed by atoms with E-state index in [9.17, 15) is 0 Å². The minimum atomic E-state index is 0.787. The fraction of sp³-hybridized carbons (Fsp3) is 0.111. The van der Waals surface area contributed by atoms with Gasteiger partial charge >= 0.3 is 0 Å². The van der Waals surface area contributed by atoms with Gasteiger partial charge in [-0.1, -0.05) is 54.6 Å². The molecule has 0 unspecified atom stereocenters. The molecule has 0 saturated heterocycles. The van der Waals surface area contributed by atoms with Gasteiger partial charge in [-0.15, -0.1) is 13.2 Å². The van der Waals surface area contributed by atoms with Gasteiger partial charge in [0.2, 0.25) is 0 Å². The lowest BCUT2D eigenvalue weighted by Gasteiger charge is -2.14. The summed E-state index contributed by atoms with van der Waals surface area (Å²) in [7, 11) is 0. The largest absolute Gasteiger partial charge is 0.398 e. The second-order valence-corrected chi connectivity index (χ2v) is 4.52. The molecule has 0 aliphatic heterocycles. The van der Waals surface area contributed by atoms with E-state index >= 15 is 0 Å². The Labute approximate surface area is 115 Å². The number of hydrogen-bond acceptors (Lipinski definition) is 1. The van der Waals surface area contributed by atoms with Crippen LogP contribution in [0.15, 0.2) is 67.8 Å². The van der Waals surface area contributed by atoms with E-state index in [0.717, 1.165) is 35.2 Å². The van der Waals surface area contributed by atoms with Crippen LogP contribution in [0.1, 0.15) is 11.1 Å². The van der Waals surface area contributed by atoms with E-state index < -0.39 is 0 Å². The molecule has 0 aliphatic carbocycles. The zero-order chi connectivity index (χ0) is 13.7.